The highest BCUT2D eigenvalue weighted by Crippen LogP contribution is 2.22. The Hall–Kier alpha value is -3.43. The summed E-state index contributed by atoms with van der Waals surface area (Å²) in [4.78, 5) is 13.8. The first-order valence-electron chi connectivity index (χ1n) is 15.0. The van der Waals surface area contributed by atoms with E-state index in [1.165, 1.54) is 33.4 Å². The Kier molecular flexibility index (Phi) is 9.81. The quantitative estimate of drug-likeness (QED) is 0.182. The molecule has 4 rings (SSSR count). The van der Waals surface area contributed by atoms with Gasteiger partial charge in [-0.3, -0.25) is 4.79 Å². The van der Waals surface area contributed by atoms with Gasteiger partial charge in [0.25, 0.3) is 5.91 Å². The number of fused-ring (bicyclic) bond motifs is 1. The van der Waals surface area contributed by atoms with Crippen molar-refractivity contribution < 1.29 is 9.28 Å². The van der Waals surface area contributed by atoms with Crippen LogP contribution in [0.2, 0.25) is 0 Å². The Labute approximate surface area is 241 Å². The predicted octanol–water partition coefficient (Wildman–Crippen LogP) is 8.25. The van der Waals surface area contributed by atoms with Crippen LogP contribution in [0.15, 0.2) is 78.9 Å². The molecule has 1 unspecified atom stereocenters. The van der Waals surface area contributed by atoms with Gasteiger partial charge < -0.3 is 9.80 Å². The average molecular weight is 536 g/mol. The van der Waals surface area contributed by atoms with Crippen LogP contribution in [0.3, 0.4) is 0 Å². The second-order valence-corrected chi connectivity index (χ2v) is 11.9. The molecule has 4 aromatic carbocycles. The van der Waals surface area contributed by atoms with Crippen LogP contribution in [-0.2, 0) is 13.0 Å². The minimum absolute atomic E-state index is 0.0323. The van der Waals surface area contributed by atoms with Gasteiger partial charge in [-0.25, -0.2) is 0 Å². The van der Waals surface area contributed by atoms with Gasteiger partial charge in [-0.1, -0.05) is 95.1 Å². The number of quaternary nitrogens is 1. The van der Waals surface area contributed by atoms with Gasteiger partial charge in [0, 0.05) is 11.1 Å². The standard InChI is InChI=1S/C37H46N2O/c1-7-39(8-2,25-32-23-29(5)20-30(6)24-32)26-34(16-11-13-31-21-27(3)19-28(4)22-31)38-37(40)36-18-12-15-33-14-9-10-17-35(33)36/h9-10,12,14-15,17-24,34H,7-8,11,13,16,25-26H2,1-6H3/p+1. The fourth-order valence-corrected chi connectivity index (χ4v) is 6.45. The summed E-state index contributed by atoms with van der Waals surface area (Å²) in [7, 11) is 0. The molecule has 0 heterocycles. The highest BCUT2D eigenvalue weighted by Gasteiger charge is 2.30. The van der Waals surface area contributed by atoms with Gasteiger partial charge in [0.15, 0.2) is 0 Å². The molecular weight excluding hydrogens is 488 g/mol. The van der Waals surface area contributed by atoms with Crippen molar-refractivity contribution in [3.05, 3.63) is 118 Å². The summed E-state index contributed by atoms with van der Waals surface area (Å²) in [6, 6.07) is 28.0. The molecule has 0 spiro atoms. The maximum atomic E-state index is 13.8. The lowest BCUT2D eigenvalue weighted by Gasteiger charge is -2.40. The largest absolute Gasteiger partial charge is 0.344 e. The van der Waals surface area contributed by atoms with E-state index in [9.17, 15) is 4.79 Å². The van der Waals surface area contributed by atoms with Gasteiger partial charge in [-0.05, 0) is 83.2 Å². The molecule has 0 aliphatic carbocycles. The van der Waals surface area contributed by atoms with Gasteiger partial charge in [0.2, 0.25) is 0 Å². The number of amides is 1. The number of hydrogen-bond acceptors (Lipinski definition) is 1. The van der Waals surface area contributed by atoms with Gasteiger partial charge in [0.1, 0.15) is 6.54 Å². The molecule has 0 saturated heterocycles. The Balaban J connectivity index is 1.58. The fraction of sp³-hybridized carbons (Fsp3) is 0.378. The number of hydrogen-bond donors (Lipinski definition) is 1. The van der Waals surface area contributed by atoms with Crippen molar-refractivity contribution in [3.63, 3.8) is 0 Å². The maximum absolute atomic E-state index is 13.8. The molecule has 3 heteroatoms. The fourth-order valence-electron chi connectivity index (χ4n) is 6.45. The van der Waals surface area contributed by atoms with E-state index in [2.05, 4.69) is 101 Å². The Morgan fingerprint density at radius 3 is 1.95 bits per heavy atom. The number of rotatable bonds is 12. The Morgan fingerprint density at radius 1 is 0.750 bits per heavy atom. The van der Waals surface area contributed by atoms with Crippen molar-refractivity contribution in [2.75, 3.05) is 19.6 Å². The van der Waals surface area contributed by atoms with Crippen LogP contribution < -0.4 is 5.32 Å². The topological polar surface area (TPSA) is 29.1 Å². The minimum atomic E-state index is 0.0323. The molecule has 0 bridgehead atoms. The van der Waals surface area contributed by atoms with E-state index < -0.39 is 0 Å². The summed E-state index contributed by atoms with van der Waals surface area (Å²) in [6.07, 6.45) is 3.02. The maximum Gasteiger partial charge on any atom is 0.252 e. The van der Waals surface area contributed by atoms with Crippen molar-refractivity contribution in [3.8, 4) is 0 Å². The molecule has 4 aromatic rings. The molecule has 0 radical (unpaired) electrons. The predicted molar refractivity (Wildman–Crippen MR) is 170 cm³/mol. The molecule has 0 fully saturated rings. The first-order valence-corrected chi connectivity index (χ1v) is 15.0. The van der Waals surface area contributed by atoms with Crippen molar-refractivity contribution in [2.24, 2.45) is 0 Å². The summed E-state index contributed by atoms with van der Waals surface area (Å²) in [6.45, 7) is 17.3. The molecular formula is C37H47N2O+. The number of carbonyl (C=O) groups is 1. The monoisotopic (exact) mass is 535 g/mol. The minimum Gasteiger partial charge on any atom is -0.344 e. The van der Waals surface area contributed by atoms with E-state index in [0.29, 0.717) is 0 Å². The summed E-state index contributed by atoms with van der Waals surface area (Å²) >= 11 is 0. The van der Waals surface area contributed by atoms with Crippen molar-refractivity contribution in [1.29, 1.82) is 0 Å². The third kappa shape index (κ3) is 7.61. The van der Waals surface area contributed by atoms with Crippen LogP contribution in [-0.4, -0.2) is 36.1 Å². The molecule has 0 aromatic heterocycles. The Bertz CT molecular complexity index is 1400. The lowest BCUT2D eigenvalue weighted by Crippen LogP contribution is -2.55. The molecule has 0 saturated carbocycles. The molecule has 0 aliphatic heterocycles. The van der Waals surface area contributed by atoms with Crippen LogP contribution in [0.5, 0.6) is 0 Å². The van der Waals surface area contributed by atoms with Crippen molar-refractivity contribution in [1.82, 2.24) is 5.32 Å². The number of nitrogens with zero attached hydrogens (tertiary/aromatic N) is 1. The smallest absolute Gasteiger partial charge is 0.252 e. The van der Waals surface area contributed by atoms with E-state index in [1.54, 1.807) is 0 Å². The zero-order valence-electron chi connectivity index (χ0n) is 25.4. The van der Waals surface area contributed by atoms with E-state index in [4.69, 9.17) is 0 Å². The van der Waals surface area contributed by atoms with Gasteiger partial charge in [0.05, 0.1) is 25.7 Å². The average Bonchev–Trinajstić information content (AvgIpc) is 2.91. The van der Waals surface area contributed by atoms with Crippen molar-refractivity contribution in [2.45, 2.75) is 73.4 Å². The number of carbonyl (C=O) groups excluding carboxylic acids is 1. The van der Waals surface area contributed by atoms with E-state index >= 15 is 0 Å². The second-order valence-electron chi connectivity index (χ2n) is 11.9. The third-order valence-corrected chi connectivity index (χ3v) is 8.42. The third-order valence-electron chi connectivity index (χ3n) is 8.42. The molecule has 3 nitrogen and oxygen atoms in total. The SMILES string of the molecule is CC[N+](CC)(Cc1cc(C)cc(C)c1)CC(CCCc1cc(C)cc(C)c1)NC(=O)c1cccc2ccccc12. The van der Waals surface area contributed by atoms with Crippen LogP contribution in [0.25, 0.3) is 10.8 Å². The number of aryl methyl sites for hydroxylation is 5. The molecule has 1 atom stereocenters. The zero-order chi connectivity index (χ0) is 28.7. The molecule has 0 aliphatic rings. The lowest BCUT2D eigenvalue weighted by atomic mass is 9.99. The molecule has 40 heavy (non-hydrogen) atoms. The number of nitrogens with one attached hydrogen (secondary N) is 1. The summed E-state index contributed by atoms with van der Waals surface area (Å²) in [5.74, 6) is 0.0323. The van der Waals surface area contributed by atoms with E-state index in [0.717, 1.165) is 66.3 Å². The first kappa shape index (κ1) is 29.6. The van der Waals surface area contributed by atoms with Gasteiger partial charge in [-0.2, -0.15) is 0 Å². The van der Waals surface area contributed by atoms with Crippen LogP contribution >= 0.6 is 0 Å². The van der Waals surface area contributed by atoms with Crippen LogP contribution in [0.4, 0.5) is 0 Å². The zero-order valence-corrected chi connectivity index (χ0v) is 25.4. The van der Waals surface area contributed by atoms with E-state index in [-0.39, 0.29) is 11.9 Å². The van der Waals surface area contributed by atoms with Crippen LogP contribution in [0, 0.1) is 27.7 Å². The summed E-state index contributed by atoms with van der Waals surface area (Å²) < 4.78 is 0.951. The molecule has 1 N–H and O–H groups in total. The lowest BCUT2D eigenvalue weighted by molar-refractivity contribution is -0.938. The highest BCUT2D eigenvalue weighted by molar-refractivity contribution is 6.07. The molecule has 1 amide bonds. The number of likely N-dealkylation sites (N-methyl/N-ethyl adjacent to an activating group) is 1. The van der Waals surface area contributed by atoms with E-state index in [1.807, 2.05) is 24.3 Å². The molecule has 210 valence electrons. The highest BCUT2D eigenvalue weighted by atomic mass is 16.1. The first-order chi connectivity index (χ1) is 19.2. The number of benzene rings is 4. The normalized spacial score (nSPS) is 12.4. The van der Waals surface area contributed by atoms with Gasteiger partial charge >= 0.3 is 0 Å². The van der Waals surface area contributed by atoms with Gasteiger partial charge in [-0.15, -0.1) is 0 Å². The van der Waals surface area contributed by atoms with Crippen LogP contribution in [0.1, 0.15) is 70.4 Å². The summed E-state index contributed by atoms with van der Waals surface area (Å²) in [5.41, 5.74) is 8.80. The second kappa shape index (κ2) is 13.3. The summed E-state index contributed by atoms with van der Waals surface area (Å²) in [5, 5.41) is 5.63. The Morgan fingerprint density at radius 2 is 1.32 bits per heavy atom. The van der Waals surface area contributed by atoms with Crippen molar-refractivity contribution >= 4 is 16.7 Å².